The van der Waals surface area contributed by atoms with E-state index in [9.17, 15) is 4.79 Å². The SMILES string of the molecule is CCCC1CCCN(CC(C)(C)C(=O)NN)CC1. The molecule has 0 aromatic rings. The second-order valence-corrected chi connectivity index (χ2v) is 6.22. The van der Waals surface area contributed by atoms with E-state index >= 15 is 0 Å². The maximum absolute atomic E-state index is 11.7. The van der Waals surface area contributed by atoms with Gasteiger partial charge in [0.2, 0.25) is 5.91 Å². The summed E-state index contributed by atoms with van der Waals surface area (Å²) >= 11 is 0. The molecule has 0 spiro atoms. The second-order valence-electron chi connectivity index (χ2n) is 6.22. The van der Waals surface area contributed by atoms with Crippen LogP contribution in [0.5, 0.6) is 0 Å². The van der Waals surface area contributed by atoms with Crippen LogP contribution in [0.2, 0.25) is 0 Å². The third-order valence-corrected chi connectivity index (χ3v) is 4.00. The van der Waals surface area contributed by atoms with Crippen molar-refractivity contribution in [2.75, 3.05) is 19.6 Å². The number of nitrogens with one attached hydrogen (secondary N) is 1. The molecule has 1 unspecified atom stereocenters. The van der Waals surface area contributed by atoms with Gasteiger partial charge in [0.15, 0.2) is 0 Å². The summed E-state index contributed by atoms with van der Waals surface area (Å²) in [5.74, 6) is 6.05. The summed E-state index contributed by atoms with van der Waals surface area (Å²) in [5.41, 5.74) is 1.87. The van der Waals surface area contributed by atoms with E-state index in [0.717, 1.165) is 25.6 Å². The van der Waals surface area contributed by atoms with Gasteiger partial charge in [0, 0.05) is 6.54 Å². The Morgan fingerprint density at radius 3 is 2.72 bits per heavy atom. The molecule has 18 heavy (non-hydrogen) atoms. The molecule has 0 radical (unpaired) electrons. The van der Waals surface area contributed by atoms with Gasteiger partial charge in [-0.25, -0.2) is 5.84 Å². The van der Waals surface area contributed by atoms with Gasteiger partial charge in [-0.15, -0.1) is 0 Å². The van der Waals surface area contributed by atoms with Crippen LogP contribution in [0.15, 0.2) is 0 Å². The molecule has 1 amide bonds. The standard InChI is InChI=1S/C14H29N3O/c1-4-6-12-7-5-9-17(10-8-12)11-14(2,3)13(18)16-15/h12H,4-11,15H2,1-3H3,(H,16,18). The number of amides is 1. The minimum atomic E-state index is -0.403. The molecule has 1 rings (SSSR count). The van der Waals surface area contributed by atoms with E-state index in [1.54, 1.807) is 0 Å². The van der Waals surface area contributed by atoms with Crippen LogP contribution >= 0.6 is 0 Å². The largest absolute Gasteiger partial charge is 0.302 e. The van der Waals surface area contributed by atoms with Crippen molar-refractivity contribution in [3.63, 3.8) is 0 Å². The van der Waals surface area contributed by atoms with Crippen molar-refractivity contribution >= 4 is 5.91 Å². The lowest BCUT2D eigenvalue weighted by Crippen LogP contribution is -2.47. The Labute approximate surface area is 111 Å². The molecule has 1 saturated heterocycles. The molecule has 3 N–H and O–H groups in total. The van der Waals surface area contributed by atoms with Crippen LogP contribution in [0.4, 0.5) is 0 Å². The zero-order valence-electron chi connectivity index (χ0n) is 12.2. The fraction of sp³-hybridized carbons (Fsp3) is 0.929. The Balaban J connectivity index is 2.46. The van der Waals surface area contributed by atoms with E-state index < -0.39 is 5.41 Å². The van der Waals surface area contributed by atoms with E-state index in [4.69, 9.17) is 5.84 Å². The number of hydrazine groups is 1. The first kappa shape index (κ1) is 15.4. The highest BCUT2D eigenvalue weighted by Gasteiger charge is 2.30. The van der Waals surface area contributed by atoms with E-state index in [1.165, 1.54) is 32.1 Å². The van der Waals surface area contributed by atoms with Crippen LogP contribution in [-0.4, -0.2) is 30.4 Å². The summed E-state index contributed by atoms with van der Waals surface area (Å²) in [6, 6.07) is 0. The highest BCUT2D eigenvalue weighted by atomic mass is 16.2. The van der Waals surface area contributed by atoms with Gasteiger partial charge in [0.05, 0.1) is 5.41 Å². The highest BCUT2D eigenvalue weighted by molar-refractivity contribution is 5.81. The molecule has 0 aromatic heterocycles. The third-order valence-electron chi connectivity index (χ3n) is 4.00. The molecule has 0 saturated carbocycles. The van der Waals surface area contributed by atoms with Crippen molar-refractivity contribution in [2.45, 2.75) is 52.9 Å². The quantitative estimate of drug-likeness (QED) is 0.448. The Morgan fingerprint density at radius 1 is 1.39 bits per heavy atom. The maximum Gasteiger partial charge on any atom is 0.240 e. The van der Waals surface area contributed by atoms with E-state index in [1.807, 2.05) is 13.8 Å². The van der Waals surface area contributed by atoms with Crippen molar-refractivity contribution < 1.29 is 4.79 Å². The van der Waals surface area contributed by atoms with Gasteiger partial charge in [-0.05, 0) is 52.1 Å². The Kier molecular flexibility index (Phi) is 6.09. The monoisotopic (exact) mass is 255 g/mol. The normalized spacial score (nSPS) is 22.6. The zero-order chi connectivity index (χ0) is 13.6. The van der Waals surface area contributed by atoms with Gasteiger partial charge in [-0.1, -0.05) is 19.8 Å². The summed E-state index contributed by atoms with van der Waals surface area (Å²) in [5, 5.41) is 0. The number of likely N-dealkylation sites (tertiary alicyclic amines) is 1. The van der Waals surface area contributed by atoms with Crippen LogP contribution in [-0.2, 0) is 4.79 Å². The van der Waals surface area contributed by atoms with Gasteiger partial charge in [-0.3, -0.25) is 10.2 Å². The fourth-order valence-electron chi connectivity index (χ4n) is 2.91. The lowest BCUT2D eigenvalue weighted by Gasteiger charge is -2.30. The fourth-order valence-corrected chi connectivity index (χ4v) is 2.91. The lowest BCUT2D eigenvalue weighted by molar-refractivity contribution is -0.130. The Bertz CT molecular complexity index is 266. The van der Waals surface area contributed by atoms with Crippen LogP contribution in [0.1, 0.15) is 52.9 Å². The van der Waals surface area contributed by atoms with Crippen LogP contribution in [0, 0.1) is 11.3 Å². The van der Waals surface area contributed by atoms with Crippen molar-refractivity contribution in [3.8, 4) is 0 Å². The topological polar surface area (TPSA) is 58.4 Å². The minimum absolute atomic E-state index is 0.0724. The van der Waals surface area contributed by atoms with Crippen LogP contribution in [0.25, 0.3) is 0 Å². The zero-order valence-corrected chi connectivity index (χ0v) is 12.2. The summed E-state index contributed by atoms with van der Waals surface area (Å²) in [6.07, 6.45) is 6.50. The van der Waals surface area contributed by atoms with Crippen LogP contribution < -0.4 is 11.3 Å². The first-order chi connectivity index (χ1) is 8.49. The van der Waals surface area contributed by atoms with Crippen molar-refractivity contribution in [1.29, 1.82) is 0 Å². The maximum atomic E-state index is 11.7. The van der Waals surface area contributed by atoms with Gasteiger partial charge in [0.25, 0.3) is 0 Å². The Hall–Kier alpha value is -0.610. The number of rotatable bonds is 5. The molecule has 0 aliphatic carbocycles. The van der Waals surface area contributed by atoms with Crippen LogP contribution in [0.3, 0.4) is 0 Å². The predicted octanol–water partition coefficient (Wildman–Crippen LogP) is 1.90. The highest BCUT2D eigenvalue weighted by Crippen LogP contribution is 2.24. The van der Waals surface area contributed by atoms with E-state index in [0.29, 0.717) is 0 Å². The van der Waals surface area contributed by atoms with Crippen molar-refractivity contribution in [2.24, 2.45) is 17.2 Å². The molecule has 1 aliphatic heterocycles. The molecule has 0 aromatic carbocycles. The summed E-state index contributed by atoms with van der Waals surface area (Å²) in [6.45, 7) is 9.22. The number of hydrogen-bond acceptors (Lipinski definition) is 3. The molecular weight excluding hydrogens is 226 g/mol. The van der Waals surface area contributed by atoms with Crippen molar-refractivity contribution in [3.05, 3.63) is 0 Å². The molecule has 4 nitrogen and oxygen atoms in total. The first-order valence-corrected chi connectivity index (χ1v) is 7.23. The Morgan fingerprint density at radius 2 is 2.11 bits per heavy atom. The smallest absolute Gasteiger partial charge is 0.240 e. The summed E-state index contributed by atoms with van der Waals surface area (Å²) < 4.78 is 0. The minimum Gasteiger partial charge on any atom is -0.302 e. The predicted molar refractivity (Wildman–Crippen MR) is 74.8 cm³/mol. The number of carbonyl (C=O) groups excluding carboxylic acids is 1. The molecule has 4 heteroatoms. The van der Waals surface area contributed by atoms with Gasteiger partial charge < -0.3 is 4.90 Å². The van der Waals surface area contributed by atoms with Gasteiger partial charge in [0.1, 0.15) is 0 Å². The number of carbonyl (C=O) groups is 1. The molecule has 106 valence electrons. The lowest BCUT2D eigenvalue weighted by atomic mass is 9.91. The number of nitrogens with zero attached hydrogens (tertiary/aromatic N) is 1. The van der Waals surface area contributed by atoms with Crippen molar-refractivity contribution in [1.82, 2.24) is 10.3 Å². The van der Waals surface area contributed by atoms with Gasteiger partial charge in [-0.2, -0.15) is 0 Å². The first-order valence-electron chi connectivity index (χ1n) is 7.23. The molecule has 0 bridgehead atoms. The summed E-state index contributed by atoms with van der Waals surface area (Å²) in [7, 11) is 0. The number of nitrogens with two attached hydrogens (primary N) is 1. The molecular formula is C14H29N3O. The summed E-state index contributed by atoms with van der Waals surface area (Å²) in [4.78, 5) is 14.1. The molecule has 1 heterocycles. The second kappa shape index (κ2) is 7.10. The molecule has 1 aliphatic rings. The van der Waals surface area contributed by atoms with E-state index in [-0.39, 0.29) is 5.91 Å². The van der Waals surface area contributed by atoms with E-state index in [2.05, 4.69) is 17.2 Å². The number of hydrogen-bond donors (Lipinski definition) is 2. The molecule has 1 fully saturated rings. The van der Waals surface area contributed by atoms with Gasteiger partial charge >= 0.3 is 0 Å². The average Bonchev–Trinajstić information content (AvgIpc) is 2.54. The molecule has 1 atom stereocenters. The third kappa shape index (κ3) is 4.58. The average molecular weight is 255 g/mol.